The van der Waals surface area contributed by atoms with Gasteiger partial charge in [-0.3, -0.25) is 0 Å². The van der Waals surface area contributed by atoms with Crippen LogP contribution < -0.4 is 4.74 Å². The van der Waals surface area contributed by atoms with Gasteiger partial charge in [-0.1, -0.05) is 35.4 Å². The van der Waals surface area contributed by atoms with E-state index in [1.807, 2.05) is 37.3 Å². The summed E-state index contributed by atoms with van der Waals surface area (Å²) in [6.45, 7) is 1.85. The number of rotatable bonds is 3. The second-order valence-corrected chi connectivity index (χ2v) is 5.31. The predicted octanol–water partition coefficient (Wildman–Crippen LogP) is 3.18. The molecule has 0 saturated carbocycles. The number of hydrogen-bond acceptors (Lipinski definition) is 6. The lowest BCUT2D eigenvalue weighted by atomic mass is 10.2. The molecule has 0 aliphatic heterocycles. The van der Waals surface area contributed by atoms with Crippen molar-refractivity contribution in [2.75, 3.05) is 0 Å². The van der Waals surface area contributed by atoms with Gasteiger partial charge in [-0.05, 0) is 31.2 Å². The average Bonchev–Trinajstić information content (AvgIpc) is 2.99. The molecule has 0 radical (unpaired) electrons. The van der Waals surface area contributed by atoms with Gasteiger partial charge < -0.3 is 4.74 Å². The van der Waals surface area contributed by atoms with Crippen LogP contribution >= 0.6 is 0 Å². The number of benzene rings is 2. The van der Waals surface area contributed by atoms with Gasteiger partial charge in [0, 0.05) is 0 Å². The molecule has 0 amide bonds. The van der Waals surface area contributed by atoms with Crippen molar-refractivity contribution in [2.45, 2.75) is 6.92 Å². The number of nitrogens with zero attached hydrogens (tertiary/aromatic N) is 6. The Morgan fingerprint density at radius 1 is 1.00 bits per heavy atom. The topological polar surface area (TPSA) is 89.5 Å². The van der Waals surface area contributed by atoms with E-state index in [0.29, 0.717) is 28.2 Å². The average molecular weight is 328 g/mol. The van der Waals surface area contributed by atoms with Crippen LogP contribution in [0.4, 0.5) is 0 Å². The fourth-order valence-electron chi connectivity index (χ4n) is 2.47. The fourth-order valence-corrected chi connectivity index (χ4v) is 2.47. The van der Waals surface area contributed by atoms with Crippen LogP contribution in [0.1, 0.15) is 11.3 Å². The monoisotopic (exact) mass is 328 g/mol. The Balaban J connectivity index is 1.77. The summed E-state index contributed by atoms with van der Waals surface area (Å²) >= 11 is 0. The molecule has 2 aromatic heterocycles. The van der Waals surface area contributed by atoms with Crippen molar-refractivity contribution in [1.29, 1.82) is 5.26 Å². The molecule has 0 saturated heterocycles. The minimum absolute atomic E-state index is 0.0749. The van der Waals surface area contributed by atoms with Crippen LogP contribution in [0.25, 0.3) is 16.9 Å². The SMILES string of the molecule is Cc1nn(-c2ccccc2)c2nnc(Oc3ccccc3C#N)nc12. The molecular formula is C18H12N6O. The number of fused-ring (bicyclic) bond motifs is 1. The Kier molecular flexibility index (Phi) is 3.56. The van der Waals surface area contributed by atoms with Crippen molar-refractivity contribution in [3.8, 4) is 23.5 Å². The highest BCUT2D eigenvalue weighted by Gasteiger charge is 2.15. The molecule has 0 spiro atoms. The predicted molar refractivity (Wildman–Crippen MR) is 90.4 cm³/mol. The van der Waals surface area contributed by atoms with Gasteiger partial charge in [0.1, 0.15) is 17.3 Å². The summed E-state index contributed by atoms with van der Waals surface area (Å²) in [4.78, 5) is 4.40. The third kappa shape index (κ3) is 2.66. The molecule has 0 atom stereocenters. The maximum atomic E-state index is 9.14. The number of hydrogen-bond donors (Lipinski definition) is 0. The minimum Gasteiger partial charge on any atom is -0.422 e. The van der Waals surface area contributed by atoms with Crippen molar-refractivity contribution in [2.24, 2.45) is 0 Å². The molecule has 2 heterocycles. The highest BCUT2D eigenvalue weighted by atomic mass is 16.5. The van der Waals surface area contributed by atoms with Crippen molar-refractivity contribution < 1.29 is 4.74 Å². The van der Waals surface area contributed by atoms with Crippen LogP contribution in [0.5, 0.6) is 11.8 Å². The summed E-state index contributed by atoms with van der Waals surface area (Å²) < 4.78 is 7.33. The zero-order valence-electron chi connectivity index (χ0n) is 13.3. The summed E-state index contributed by atoms with van der Waals surface area (Å²) in [7, 11) is 0. The maximum absolute atomic E-state index is 9.14. The zero-order valence-corrected chi connectivity index (χ0v) is 13.3. The van der Waals surface area contributed by atoms with E-state index in [1.54, 1.807) is 28.9 Å². The molecule has 7 nitrogen and oxygen atoms in total. The van der Waals surface area contributed by atoms with Crippen molar-refractivity contribution >= 4 is 11.2 Å². The molecule has 0 N–H and O–H groups in total. The van der Waals surface area contributed by atoms with Crippen molar-refractivity contribution in [3.63, 3.8) is 0 Å². The van der Waals surface area contributed by atoms with Gasteiger partial charge >= 0.3 is 6.01 Å². The molecule has 4 aromatic rings. The molecule has 7 heteroatoms. The summed E-state index contributed by atoms with van der Waals surface area (Å²) in [5, 5.41) is 21.9. The van der Waals surface area contributed by atoms with Crippen molar-refractivity contribution in [3.05, 3.63) is 65.9 Å². The third-order valence-electron chi connectivity index (χ3n) is 3.65. The van der Waals surface area contributed by atoms with Gasteiger partial charge in [0.2, 0.25) is 5.65 Å². The summed E-state index contributed by atoms with van der Waals surface area (Å²) in [6.07, 6.45) is 0. The second kappa shape index (κ2) is 6.02. The molecule has 4 rings (SSSR count). The van der Waals surface area contributed by atoms with E-state index in [9.17, 15) is 0 Å². The van der Waals surface area contributed by atoms with Gasteiger partial charge in [-0.25, -0.2) is 4.68 Å². The van der Waals surface area contributed by atoms with Gasteiger partial charge in [0.05, 0.1) is 16.9 Å². The van der Waals surface area contributed by atoms with Crippen LogP contribution in [0.2, 0.25) is 0 Å². The molecular weight excluding hydrogens is 316 g/mol. The Morgan fingerprint density at radius 3 is 2.56 bits per heavy atom. The van der Waals surface area contributed by atoms with Crippen LogP contribution in [-0.2, 0) is 0 Å². The molecule has 0 unspecified atom stereocenters. The van der Waals surface area contributed by atoms with E-state index in [2.05, 4.69) is 26.3 Å². The van der Waals surface area contributed by atoms with Crippen LogP contribution in [0, 0.1) is 18.3 Å². The number of para-hydroxylation sites is 2. The third-order valence-corrected chi connectivity index (χ3v) is 3.65. The number of aromatic nitrogens is 5. The molecule has 0 bridgehead atoms. The second-order valence-electron chi connectivity index (χ2n) is 5.31. The lowest BCUT2D eigenvalue weighted by molar-refractivity contribution is 0.435. The van der Waals surface area contributed by atoms with Gasteiger partial charge in [-0.15, -0.1) is 5.10 Å². The van der Waals surface area contributed by atoms with Crippen LogP contribution in [0.3, 0.4) is 0 Å². The van der Waals surface area contributed by atoms with E-state index in [-0.39, 0.29) is 6.01 Å². The Labute approximate surface area is 143 Å². The number of ether oxygens (including phenoxy) is 1. The minimum atomic E-state index is 0.0749. The van der Waals surface area contributed by atoms with E-state index in [1.165, 1.54) is 0 Å². The Hall–Kier alpha value is -3.79. The maximum Gasteiger partial charge on any atom is 0.342 e. The molecule has 0 fully saturated rings. The zero-order chi connectivity index (χ0) is 17.2. The Bertz CT molecular complexity index is 1100. The largest absolute Gasteiger partial charge is 0.422 e. The lowest BCUT2D eigenvalue weighted by Crippen LogP contribution is -2.00. The fraction of sp³-hybridized carbons (Fsp3) is 0.0556. The number of aryl methyl sites for hydroxylation is 1. The van der Waals surface area contributed by atoms with Gasteiger partial charge in [0.15, 0.2) is 0 Å². The molecule has 25 heavy (non-hydrogen) atoms. The van der Waals surface area contributed by atoms with Gasteiger partial charge in [0.25, 0.3) is 0 Å². The van der Waals surface area contributed by atoms with E-state index < -0.39 is 0 Å². The first-order chi connectivity index (χ1) is 12.3. The van der Waals surface area contributed by atoms with E-state index in [0.717, 1.165) is 5.69 Å². The smallest absolute Gasteiger partial charge is 0.342 e. The quantitative estimate of drug-likeness (QED) is 0.574. The van der Waals surface area contributed by atoms with Crippen LogP contribution in [0.15, 0.2) is 54.6 Å². The summed E-state index contributed by atoms with van der Waals surface area (Å²) in [6, 6.07) is 18.7. The van der Waals surface area contributed by atoms with Crippen LogP contribution in [-0.4, -0.2) is 25.0 Å². The number of nitriles is 1. The van der Waals surface area contributed by atoms with E-state index in [4.69, 9.17) is 10.00 Å². The lowest BCUT2D eigenvalue weighted by Gasteiger charge is -2.05. The molecule has 0 aliphatic carbocycles. The Morgan fingerprint density at radius 2 is 1.76 bits per heavy atom. The highest BCUT2D eigenvalue weighted by molar-refractivity contribution is 5.74. The summed E-state index contributed by atoms with van der Waals surface area (Å²) in [5.74, 6) is 0.388. The van der Waals surface area contributed by atoms with Gasteiger partial charge in [-0.2, -0.15) is 15.3 Å². The first kappa shape index (κ1) is 14.8. The standard InChI is InChI=1S/C18H12N6O/c1-12-16-17(24(23-12)14-8-3-2-4-9-14)21-22-18(20-16)25-15-10-6-5-7-13(15)11-19/h2-10H,1H3. The highest BCUT2D eigenvalue weighted by Crippen LogP contribution is 2.24. The molecule has 0 aliphatic rings. The summed E-state index contributed by atoms with van der Waals surface area (Å²) in [5.41, 5.74) is 3.14. The normalized spacial score (nSPS) is 10.6. The first-order valence-corrected chi connectivity index (χ1v) is 7.59. The molecule has 2 aromatic carbocycles. The first-order valence-electron chi connectivity index (χ1n) is 7.59. The molecule has 120 valence electrons. The van der Waals surface area contributed by atoms with E-state index >= 15 is 0 Å². The van der Waals surface area contributed by atoms with Crippen molar-refractivity contribution in [1.82, 2.24) is 25.0 Å².